The van der Waals surface area contributed by atoms with Gasteiger partial charge in [0, 0.05) is 19.3 Å². The Morgan fingerprint density at radius 1 is 1.48 bits per heavy atom. The molecule has 0 bridgehead atoms. The Morgan fingerprint density at radius 2 is 2.24 bits per heavy atom. The third kappa shape index (κ3) is 3.53. The molecule has 3 rings (SSSR count). The van der Waals surface area contributed by atoms with Gasteiger partial charge in [0.1, 0.15) is 23.4 Å². The van der Waals surface area contributed by atoms with Gasteiger partial charge in [0.05, 0.1) is 17.5 Å². The first-order valence-electron chi connectivity index (χ1n) is 8.39. The number of amides is 1. The summed E-state index contributed by atoms with van der Waals surface area (Å²) in [5, 5.41) is 13.7. The van der Waals surface area contributed by atoms with Crippen LogP contribution in [0.15, 0.2) is 12.5 Å². The highest BCUT2D eigenvalue weighted by Crippen LogP contribution is 2.31. The van der Waals surface area contributed by atoms with Crippen LogP contribution in [0.4, 0.5) is 10.6 Å². The van der Waals surface area contributed by atoms with Crippen LogP contribution in [0.2, 0.25) is 0 Å². The lowest BCUT2D eigenvalue weighted by molar-refractivity contribution is 0.0417. The van der Waals surface area contributed by atoms with Crippen LogP contribution >= 0.6 is 0 Å². The first-order chi connectivity index (χ1) is 11.7. The number of carbonyl (C=O) groups excluding carboxylic acids is 1. The number of aromatic nitrogens is 3. The fourth-order valence-electron chi connectivity index (χ4n) is 3.18. The predicted octanol–water partition coefficient (Wildman–Crippen LogP) is 1.73. The summed E-state index contributed by atoms with van der Waals surface area (Å²) >= 11 is 0. The van der Waals surface area contributed by atoms with Gasteiger partial charge in [0.15, 0.2) is 0 Å². The fourth-order valence-corrected chi connectivity index (χ4v) is 3.18. The van der Waals surface area contributed by atoms with E-state index in [0.29, 0.717) is 19.5 Å². The second-order valence-corrected chi connectivity index (χ2v) is 7.63. The van der Waals surface area contributed by atoms with Gasteiger partial charge < -0.3 is 25.0 Å². The molecule has 136 valence electrons. The van der Waals surface area contributed by atoms with E-state index in [1.807, 2.05) is 33.9 Å². The molecule has 1 fully saturated rings. The van der Waals surface area contributed by atoms with Gasteiger partial charge in [-0.2, -0.15) is 0 Å². The topological polar surface area (TPSA) is 103 Å². The number of aryl methyl sites for hydroxylation is 1. The second-order valence-electron chi connectivity index (χ2n) is 7.63. The maximum atomic E-state index is 12.2. The lowest BCUT2D eigenvalue weighted by Gasteiger charge is -2.30. The summed E-state index contributed by atoms with van der Waals surface area (Å²) in [6.07, 6.45) is 3.51. The quantitative estimate of drug-likeness (QED) is 0.781. The molecule has 1 amide bonds. The molecular formula is C17H25N5O3. The van der Waals surface area contributed by atoms with Crippen molar-refractivity contribution in [2.75, 3.05) is 24.6 Å². The summed E-state index contributed by atoms with van der Waals surface area (Å²) in [6, 6.07) is 0. The van der Waals surface area contributed by atoms with E-state index in [1.54, 1.807) is 0 Å². The number of carbonyl (C=O) groups is 1. The fraction of sp³-hybridized carbons (Fsp3) is 0.588. The van der Waals surface area contributed by atoms with Crippen LogP contribution < -0.4 is 10.2 Å². The Hall–Kier alpha value is -2.35. The molecule has 0 aliphatic carbocycles. The Kier molecular flexibility index (Phi) is 4.32. The normalized spacial score (nSPS) is 20.9. The van der Waals surface area contributed by atoms with E-state index in [2.05, 4.69) is 25.2 Å². The molecule has 25 heavy (non-hydrogen) atoms. The summed E-state index contributed by atoms with van der Waals surface area (Å²) in [6.45, 7) is 8.40. The highest BCUT2D eigenvalue weighted by atomic mass is 16.6. The van der Waals surface area contributed by atoms with Crippen LogP contribution in [0.5, 0.6) is 0 Å². The molecular weight excluding hydrogens is 322 g/mol. The zero-order chi connectivity index (χ0) is 18.2. The van der Waals surface area contributed by atoms with E-state index in [9.17, 15) is 9.90 Å². The van der Waals surface area contributed by atoms with Gasteiger partial charge in [0.2, 0.25) is 0 Å². The van der Waals surface area contributed by atoms with E-state index in [-0.39, 0.29) is 6.61 Å². The van der Waals surface area contributed by atoms with Crippen molar-refractivity contribution in [3.05, 3.63) is 18.1 Å². The number of aliphatic hydroxyl groups is 1. The Morgan fingerprint density at radius 3 is 2.92 bits per heavy atom. The molecule has 3 N–H and O–H groups in total. The van der Waals surface area contributed by atoms with E-state index in [1.165, 1.54) is 6.33 Å². The standard InChI is InChI=1S/C17H25N5O3/c1-11-7-18-13-12(11)14(20-10-19-13)22-6-5-17(8-22,9-23)21-15(24)25-16(2,3)4/h7,10,23H,5-6,8-9H2,1-4H3,(H,21,24)(H,18,19,20). The predicted molar refractivity (Wildman–Crippen MR) is 94.6 cm³/mol. The number of ether oxygens (including phenoxy) is 1. The molecule has 1 aliphatic heterocycles. The van der Waals surface area contributed by atoms with E-state index < -0.39 is 17.2 Å². The van der Waals surface area contributed by atoms with E-state index in [0.717, 1.165) is 22.4 Å². The largest absolute Gasteiger partial charge is 0.444 e. The van der Waals surface area contributed by atoms with Gasteiger partial charge in [0.25, 0.3) is 0 Å². The molecule has 1 aliphatic rings. The minimum atomic E-state index is -0.746. The first-order valence-corrected chi connectivity index (χ1v) is 8.39. The molecule has 1 atom stereocenters. The van der Waals surface area contributed by atoms with Gasteiger partial charge in [-0.25, -0.2) is 14.8 Å². The van der Waals surface area contributed by atoms with Gasteiger partial charge in [-0.3, -0.25) is 0 Å². The minimum Gasteiger partial charge on any atom is -0.444 e. The van der Waals surface area contributed by atoms with Crippen LogP contribution in [-0.4, -0.2) is 57.0 Å². The molecule has 0 aromatic carbocycles. The number of rotatable bonds is 3. The SMILES string of the molecule is Cc1c[nH]c2ncnc(N3CCC(CO)(NC(=O)OC(C)(C)C)C3)c12. The van der Waals surface area contributed by atoms with Crippen molar-refractivity contribution in [3.63, 3.8) is 0 Å². The Balaban J connectivity index is 1.81. The number of hydrogen-bond acceptors (Lipinski definition) is 6. The number of nitrogens with zero attached hydrogens (tertiary/aromatic N) is 3. The summed E-state index contributed by atoms with van der Waals surface area (Å²) in [5.74, 6) is 0.810. The summed E-state index contributed by atoms with van der Waals surface area (Å²) < 4.78 is 5.33. The smallest absolute Gasteiger partial charge is 0.408 e. The maximum Gasteiger partial charge on any atom is 0.408 e. The monoisotopic (exact) mass is 347 g/mol. The zero-order valence-electron chi connectivity index (χ0n) is 15.1. The average molecular weight is 347 g/mol. The summed E-state index contributed by atoms with van der Waals surface area (Å²) in [5.41, 5.74) is 0.514. The van der Waals surface area contributed by atoms with Crippen molar-refractivity contribution in [2.24, 2.45) is 0 Å². The molecule has 2 aromatic heterocycles. The van der Waals surface area contributed by atoms with Crippen LogP contribution in [0, 0.1) is 6.92 Å². The Bertz CT molecular complexity index is 782. The van der Waals surface area contributed by atoms with Crippen molar-refractivity contribution in [2.45, 2.75) is 45.3 Å². The zero-order valence-corrected chi connectivity index (χ0v) is 15.1. The molecule has 0 radical (unpaired) electrons. The number of anilines is 1. The lowest BCUT2D eigenvalue weighted by Crippen LogP contribution is -2.54. The number of aliphatic hydroxyl groups excluding tert-OH is 1. The molecule has 3 heterocycles. The highest BCUT2D eigenvalue weighted by Gasteiger charge is 2.41. The third-order valence-corrected chi connectivity index (χ3v) is 4.37. The number of H-pyrrole nitrogens is 1. The van der Waals surface area contributed by atoms with Crippen LogP contribution in [0.25, 0.3) is 11.0 Å². The van der Waals surface area contributed by atoms with Crippen molar-refractivity contribution in [1.82, 2.24) is 20.3 Å². The second kappa shape index (κ2) is 6.18. The Labute approximate surface area is 146 Å². The molecule has 1 unspecified atom stereocenters. The molecule has 8 heteroatoms. The lowest BCUT2D eigenvalue weighted by atomic mass is 10.0. The maximum absolute atomic E-state index is 12.2. The number of hydrogen-bond donors (Lipinski definition) is 3. The number of alkyl carbamates (subject to hydrolysis) is 1. The minimum absolute atomic E-state index is 0.164. The van der Waals surface area contributed by atoms with Gasteiger partial charge in [-0.1, -0.05) is 0 Å². The molecule has 1 saturated heterocycles. The van der Waals surface area contributed by atoms with Crippen molar-refractivity contribution >= 4 is 22.9 Å². The number of nitrogens with one attached hydrogen (secondary N) is 2. The van der Waals surface area contributed by atoms with Gasteiger partial charge in [-0.15, -0.1) is 0 Å². The molecule has 2 aromatic rings. The number of fused-ring (bicyclic) bond motifs is 1. The summed E-state index contributed by atoms with van der Waals surface area (Å²) in [4.78, 5) is 26.0. The van der Waals surface area contributed by atoms with Crippen molar-refractivity contribution < 1.29 is 14.6 Å². The van der Waals surface area contributed by atoms with Gasteiger partial charge >= 0.3 is 6.09 Å². The first kappa shape index (κ1) is 17.5. The average Bonchev–Trinajstić information content (AvgIpc) is 3.10. The third-order valence-electron chi connectivity index (χ3n) is 4.37. The summed E-state index contributed by atoms with van der Waals surface area (Å²) in [7, 11) is 0. The van der Waals surface area contributed by atoms with Crippen LogP contribution in [0.1, 0.15) is 32.8 Å². The molecule has 0 saturated carbocycles. The van der Waals surface area contributed by atoms with Crippen molar-refractivity contribution in [3.8, 4) is 0 Å². The van der Waals surface area contributed by atoms with Gasteiger partial charge in [-0.05, 0) is 39.7 Å². The van der Waals surface area contributed by atoms with E-state index in [4.69, 9.17) is 4.74 Å². The number of aromatic amines is 1. The molecule has 0 spiro atoms. The molecule has 8 nitrogen and oxygen atoms in total. The van der Waals surface area contributed by atoms with Crippen molar-refractivity contribution in [1.29, 1.82) is 0 Å². The highest BCUT2D eigenvalue weighted by molar-refractivity contribution is 5.90. The van der Waals surface area contributed by atoms with Crippen LogP contribution in [0.3, 0.4) is 0 Å². The van der Waals surface area contributed by atoms with Crippen LogP contribution in [-0.2, 0) is 4.74 Å². The van der Waals surface area contributed by atoms with E-state index >= 15 is 0 Å².